The molecule has 7 heterocycles. The Bertz CT molecular complexity index is 4370. The second-order valence-corrected chi connectivity index (χ2v) is 41.0. The van der Waals surface area contributed by atoms with Gasteiger partial charge in [0.2, 0.25) is 53.4 Å². The number of ether oxygens (including phenoxy) is 10. The van der Waals surface area contributed by atoms with Crippen LogP contribution in [0.3, 0.4) is 0 Å². The molecule has 10 unspecified atom stereocenters. The van der Waals surface area contributed by atoms with Crippen LogP contribution < -0.4 is 48.4 Å². The van der Waals surface area contributed by atoms with Gasteiger partial charge in [0, 0.05) is 143 Å². The predicted octanol–water partition coefficient (Wildman–Crippen LogP) is -2.36. The van der Waals surface area contributed by atoms with Crippen molar-refractivity contribution in [3.05, 3.63) is 12.7 Å². The first kappa shape index (κ1) is 123. The molecule has 24 atom stereocenters. The molecular weight excluding hydrogens is 1980 g/mol. The lowest BCUT2D eigenvalue weighted by atomic mass is 9.92. The maximum Gasteiger partial charge on any atom is 0.472 e. The van der Waals surface area contributed by atoms with E-state index in [4.69, 9.17) is 68.1 Å². The van der Waals surface area contributed by atoms with Gasteiger partial charge in [-0.25, -0.2) is 19.5 Å². The van der Waals surface area contributed by atoms with E-state index in [1.807, 2.05) is 0 Å². The summed E-state index contributed by atoms with van der Waals surface area (Å²) in [5, 5.41) is 121. The standard InChI is InChI=1S/C89H151N14O39P3/c1-55-78(119)79(120)63(44-104)139-86(55)133-35-17-14-24-67(112)92-31-19-33-94-69(114)29-39-131-51-89(50-130-38-28-60(110)22-10-8-9-21-59(109)23-13-16-36-134-87-75(99-56(2)107)82(123)80(121)64(45-105)140-87,52-132-40-30-70(115)95-34-20-32-93-68(113)25-15-18-37-135-88-76(100-57(3)108)83(124)81(122)65(46-106)141-88)101-71(116)26-11-6-4-5-7-12-27-72(117)102-43-61(111)41-58(102)47-137-145(128,129)142-62-42-73(103-54-98-77-84(90)96-53-97-85(77)103)138-66(62)48-136-144(126,127)74(118)49-143(91)125/h53-55,58,61-66,73,75-76,78-83,86-88,104-106,111,119-124H,4-52H2,1-3H3,(H12-,90,91,92,93,94,95,96,97,99,100,101,107,108,112,113,114,115,116,125,126,127,128,129)/p+1/t55?,58-,61+,62-,63?,64?,65?,66+,73+,75?,76?,78+,79-,80-,81-,82+,83+,86+,87+,88+,89?/m0/s1/i/hD. The molecule has 0 spiro atoms. The van der Waals surface area contributed by atoms with E-state index in [1.54, 1.807) is 12.4 Å². The Labute approximate surface area is 842 Å². The Balaban J connectivity index is 0.910. The number of Topliss-reactive ketones (excluding diaryl/α,β-unsaturated/α-hetero) is 2. The number of nitrogens with one attached hydrogen (secondary N) is 7. The molecule has 0 bridgehead atoms. The van der Waals surface area contributed by atoms with Crippen LogP contribution in [0.4, 0.5) is 5.82 Å². The number of hydrogen-bond donors (Lipinski definition) is 21. The zero-order valence-corrected chi connectivity index (χ0v) is 85.1. The van der Waals surface area contributed by atoms with E-state index in [9.17, 15) is 127 Å². The van der Waals surface area contributed by atoms with Gasteiger partial charge in [-0.05, 0) is 83.5 Å². The van der Waals surface area contributed by atoms with E-state index in [0.29, 0.717) is 109 Å². The summed E-state index contributed by atoms with van der Waals surface area (Å²) in [4.78, 5) is 178. The van der Waals surface area contributed by atoms with Crippen LogP contribution in [0, 0.1) is 5.92 Å². The van der Waals surface area contributed by atoms with E-state index >= 15 is 0 Å². The van der Waals surface area contributed by atoms with Gasteiger partial charge in [0.05, 0.1) is 97.3 Å². The van der Waals surface area contributed by atoms with Crippen LogP contribution in [0.5, 0.6) is 0 Å². The van der Waals surface area contributed by atoms with E-state index in [1.165, 1.54) is 29.6 Å². The average Bonchev–Trinajstić information content (AvgIpc) is 1.58. The van der Waals surface area contributed by atoms with Crippen LogP contribution in [-0.2, 0) is 127 Å². The molecule has 2 aromatic heterocycles. The molecule has 0 saturated carbocycles. The van der Waals surface area contributed by atoms with Crippen LogP contribution in [0.25, 0.3) is 11.2 Å². The molecule has 2 aromatic rings. The Morgan fingerprint density at radius 1 is 0.510 bits per heavy atom. The van der Waals surface area contributed by atoms with Crippen molar-refractivity contribution in [3.63, 3.8) is 0 Å². The van der Waals surface area contributed by atoms with Crippen molar-refractivity contribution in [3.8, 4) is 0 Å². The van der Waals surface area contributed by atoms with Crippen LogP contribution in [0.1, 0.15) is 213 Å². The van der Waals surface area contributed by atoms with Gasteiger partial charge in [0.25, 0.3) is 5.52 Å². The smallest absolute Gasteiger partial charge is 0.394 e. The molecule has 53 nitrogen and oxygen atoms in total. The van der Waals surface area contributed by atoms with E-state index < -0.39 is 231 Å². The number of β-amino-alcohol motifs (C(OH)–C–C–N with tert-alkyl or cyclic N) is 1. The number of phosphoric ester groups is 1. The second-order valence-electron chi connectivity index (χ2n) is 36.7. The number of likely N-dealkylation sites (tertiary alicyclic amines) is 1. The number of unbranched alkanes of at least 4 members (excludes halogenated alkanes) is 10. The predicted molar refractivity (Wildman–Crippen MR) is 508 cm³/mol. The number of nitrogens with two attached hydrogens (primary N) is 2. The molecule has 0 aromatic carbocycles. The topological polar surface area (TPSA) is 785 Å². The average molecular weight is 2140 g/mol. The van der Waals surface area contributed by atoms with Gasteiger partial charge in [0.15, 0.2) is 31.7 Å². The third-order valence-corrected chi connectivity index (χ3v) is 27.9. The number of nitrogen functional groups attached to an aromatic ring is 1. The molecule has 5 saturated heterocycles. The number of ketones is 2. The first-order chi connectivity index (χ1) is 69.7. The highest BCUT2D eigenvalue weighted by atomic mass is 31.2. The maximum atomic E-state index is 14.3. The summed E-state index contributed by atoms with van der Waals surface area (Å²) in [6.07, 6.45) is -10.5. The normalized spacial score (nSPS) is 26.2. The van der Waals surface area contributed by atoms with Crippen molar-refractivity contribution >= 4 is 105 Å². The van der Waals surface area contributed by atoms with Crippen molar-refractivity contribution in [1.29, 1.82) is 0 Å². The number of aliphatic hydroxyl groups excluding tert-OH is 10. The van der Waals surface area contributed by atoms with Gasteiger partial charge in [-0.2, -0.15) is 0 Å². The van der Waals surface area contributed by atoms with E-state index in [0.717, 1.165) is 6.33 Å². The van der Waals surface area contributed by atoms with Crippen molar-refractivity contribution < 1.29 is 190 Å². The highest BCUT2D eigenvalue weighted by Gasteiger charge is 2.50. The lowest BCUT2D eigenvalue weighted by molar-refractivity contribution is -0.282. The van der Waals surface area contributed by atoms with Gasteiger partial charge in [-0.15, -0.1) is 5.50 Å². The molecule has 826 valence electrons. The number of amides is 8. The Morgan fingerprint density at radius 3 is 1.46 bits per heavy atom. The fraction of sp³-hybridized carbons (Fsp3) is 0.820. The largest absolute Gasteiger partial charge is 0.472 e. The Morgan fingerprint density at radius 2 is 0.952 bits per heavy atom. The van der Waals surface area contributed by atoms with Gasteiger partial charge in [-0.3, -0.25) is 70.9 Å². The number of hydrogen-bond acceptors (Lipinski definition) is 41. The van der Waals surface area contributed by atoms with Crippen LogP contribution >= 0.6 is 23.4 Å². The van der Waals surface area contributed by atoms with Crippen LogP contribution in [0.15, 0.2) is 12.7 Å². The van der Waals surface area contributed by atoms with E-state index in [2.05, 4.69) is 52.2 Å². The minimum absolute atomic E-state index is 0.0103. The summed E-state index contributed by atoms with van der Waals surface area (Å²) in [6, 6.07) is -3.14. The number of anilines is 1. The number of fused-ring (bicyclic) bond motifs is 1. The molecule has 0 aliphatic carbocycles. The number of aromatic nitrogens is 4. The van der Waals surface area contributed by atoms with Crippen molar-refractivity contribution in [2.45, 2.75) is 329 Å². The van der Waals surface area contributed by atoms with Gasteiger partial charge in [-0.1, -0.05) is 43.6 Å². The fourth-order valence-electron chi connectivity index (χ4n) is 16.7. The maximum absolute atomic E-state index is 14.3. The summed E-state index contributed by atoms with van der Waals surface area (Å²) in [5.74, 6) is -3.93. The van der Waals surface area contributed by atoms with E-state index in [-0.39, 0.29) is 210 Å². The molecule has 5 aliphatic heterocycles. The van der Waals surface area contributed by atoms with Crippen molar-refractivity contribution in [2.75, 3.05) is 137 Å². The number of carbonyl (C=O) groups is 11. The van der Waals surface area contributed by atoms with Crippen LogP contribution in [0.2, 0.25) is 1.41 Å². The Kier molecular flexibility index (Phi) is 55.6. The lowest BCUT2D eigenvalue weighted by Gasteiger charge is -2.42. The minimum atomic E-state index is -5.19. The molecule has 5 fully saturated rings. The molecule has 56 heteroatoms. The molecule has 5 aliphatic rings. The number of aliphatic hydroxyl groups is 10. The van der Waals surface area contributed by atoms with Gasteiger partial charge < -0.3 is 161 Å². The molecule has 145 heavy (non-hydrogen) atoms. The van der Waals surface area contributed by atoms with Crippen molar-refractivity contribution in [1.82, 2.24) is 61.6 Å². The third-order valence-electron chi connectivity index (χ3n) is 24.7. The highest BCUT2D eigenvalue weighted by Crippen LogP contribution is 2.51. The number of nitrogens with zero attached hydrogens (tertiary/aromatic N) is 5. The lowest BCUT2D eigenvalue weighted by Crippen LogP contribution is -2.64. The first-order valence-electron chi connectivity index (χ1n) is 50.0. The summed E-state index contributed by atoms with van der Waals surface area (Å²) < 4.78 is 122. The van der Waals surface area contributed by atoms with Crippen LogP contribution in [-0.4, -0.2) is 397 Å². The highest BCUT2D eigenvalue weighted by molar-refractivity contribution is 7.72. The quantitative estimate of drug-likeness (QED) is 0.0243. The summed E-state index contributed by atoms with van der Waals surface area (Å²) in [7, 11) is -13.1. The van der Waals surface area contributed by atoms with Gasteiger partial charge >= 0.3 is 23.4 Å². The fourth-order valence-corrected chi connectivity index (χ4v) is 19.5. The number of rotatable bonds is 75. The zero-order chi connectivity index (χ0) is 107. The summed E-state index contributed by atoms with van der Waals surface area (Å²) in [6.45, 7) is 0.437. The Hall–Kier alpha value is -7.36. The number of carbonyl (C=O) groups excluding carboxylic acids is 11. The van der Waals surface area contributed by atoms with Gasteiger partial charge in [0.1, 0.15) is 108 Å². The number of imidazole rings is 1. The number of phosphoric acid groups is 1. The minimum Gasteiger partial charge on any atom is -0.394 e. The summed E-state index contributed by atoms with van der Waals surface area (Å²) >= 11 is 0. The third kappa shape index (κ3) is 44.2. The second kappa shape index (κ2) is 65.7. The first-order valence-corrected chi connectivity index (χ1v) is 54.0. The zero-order valence-electron chi connectivity index (χ0n) is 83.4. The molecule has 0 radical (unpaired) electrons. The SMILES string of the molecule is [2H]N[P+](=O)CC(=O)P(=O)(O)OC[C@H]1O[C@@H](n2cnc3c(N)ncnc32)C[C@@H]1OP(=O)(O)OC[C@@H]1C[C@@H](O)CN1C(=O)CCCCCCCCC(=O)NC(COCCC(=O)CCCCCC(=O)CCCCO[C@@H]1OC(CO)[C@H](O)[C@H](O)C1NC(C)=O)(COCCC(=O)NCCCNC(=O)CCCCO[C@@H]1OC(CO)[C@H](O)[C@H](O)C1C)COCCC(=O)NCCCNC(=O)CCCCO[C@@H]1OC(CO)[C@H](O)[C@H](O)C1NC(C)=O. The summed E-state index contributed by atoms with van der Waals surface area (Å²) in [5.41, 5.74) is 4.88. The molecule has 23 N–H and O–H groups in total. The molecule has 7 rings (SSSR count). The molecule has 8 amide bonds. The van der Waals surface area contributed by atoms with Crippen molar-refractivity contribution in [2.24, 2.45) is 11.4 Å². The molecular formula is C89H152N14O39P3+. The monoisotopic (exact) mass is 2130 g/mol.